The van der Waals surface area contributed by atoms with E-state index in [1.54, 1.807) is 11.3 Å². The maximum Gasteiger partial charge on any atom is 0.227 e. The Kier molecular flexibility index (Phi) is 5.39. The minimum absolute atomic E-state index is 0.417. The van der Waals surface area contributed by atoms with Gasteiger partial charge in [-0.25, -0.2) is 9.97 Å². The number of nitrogens with zero attached hydrogens (tertiary/aromatic N) is 5. The van der Waals surface area contributed by atoms with Crippen LogP contribution in [0.5, 0.6) is 0 Å². The summed E-state index contributed by atoms with van der Waals surface area (Å²) in [5.41, 5.74) is 3.07. The predicted octanol–water partition coefficient (Wildman–Crippen LogP) is 1.85. The van der Waals surface area contributed by atoms with Crippen LogP contribution < -0.4 is 10.2 Å². The molecule has 8 heteroatoms. The van der Waals surface area contributed by atoms with Crippen LogP contribution in [0, 0.1) is 0 Å². The Morgan fingerprint density at radius 3 is 3.00 bits per heavy atom. The molecule has 0 saturated carbocycles. The lowest BCUT2D eigenvalue weighted by atomic mass is 10.1. The fourth-order valence-electron chi connectivity index (χ4n) is 3.42. The van der Waals surface area contributed by atoms with Crippen LogP contribution in [0.3, 0.4) is 0 Å². The largest absolute Gasteiger partial charge is 0.378 e. The number of thiazole rings is 1. The van der Waals surface area contributed by atoms with Crippen molar-refractivity contribution >= 4 is 23.1 Å². The summed E-state index contributed by atoms with van der Waals surface area (Å²) in [4.78, 5) is 18.2. The average molecular weight is 360 g/mol. The van der Waals surface area contributed by atoms with E-state index in [4.69, 9.17) is 9.72 Å². The van der Waals surface area contributed by atoms with Crippen molar-refractivity contribution in [2.45, 2.75) is 25.4 Å². The summed E-state index contributed by atoms with van der Waals surface area (Å²) in [7, 11) is 0. The van der Waals surface area contributed by atoms with Crippen molar-refractivity contribution in [1.29, 1.82) is 0 Å². The number of nitrogens with one attached hydrogen (secondary N) is 1. The smallest absolute Gasteiger partial charge is 0.227 e. The maximum atomic E-state index is 5.40. The minimum Gasteiger partial charge on any atom is -0.378 e. The van der Waals surface area contributed by atoms with Gasteiger partial charge in [0, 0.05) is 43.8 Å². The molecule has 0 radical (unpaired) electrons. The first-order chi connectivity index (χ1) is 12.4. The quantitative estimate of drug-likeness (QED) is 0.873. The highest BCUT2D eigenvalue weighted by molar-refractivity contribution is 7.07. The summed E-state index contributed by atoms with van der Waals surface area (Å²) in [6.45, 7) is 6.30. The fraction of sp³-hybridized carbons (Fsp3) is 0.588. The Balaban J connectivity index is 1.36. The molecule has 1 unspecified atom stereocenters. The minimum atomic E-state index is 0.417. The summed E-state index contributed by atoms with van der Waals surface area (Å²) in [5.74, 6) is 1.71. The highest BCUT2D eigenvalue weighted by Gasteiger charge is 2.21. The molecule has 4 rings (SSSR count). The van der Waals surface area contributed by atoms with E-state index >= 15 is 0 Å². The van der Waals surface area contributed by atoms with Crippen molar-refractivity contribution in [3.05, 3.63) is 28.8 Å². The summed E-state index contributed by atoms with van der Waals surface area (Å²) in [6, 6.07) is 2.38. The molecule has 2 aliphatic rings. The highest BCUT2D eigenvalue weighted by atomic mass is 32.1. The van der Waals surface area contributed by atoms with E-state index in [-0.39, 0.29) is 0 Å². The standard InChI is InChI=1S/C17H24N6OS/c1-2-14(10-22(5-1)11-15-12-25-13-19-15)20-16-3-4-18-17(21-16)23-6-8-24-9-7-23/h3-4,12-14H,1-2,5-11H2,(H,18,20,21). The zero-order valence-electron chi connectivity index (χ0n) is 14.3. The molecule has 2 saturated heterocycles. The summed E-state index contributed by atoms with van der Waals surface area (Å²) < 4.78 is 5.40. The molecule has 2 fully saturated rings. The number of rotatable bonds is 5. The van der Waals surface area contributed by atoms with Crippen LogP contribution in [-0.2, 0) is 11.3 Å². The van der Waals surface area contributed by atoms with Gasteiger partial charge in [0.25, 0.3) is 0 Å². The normalized spacial score (nSPS) is 22.1. The second-order valence-corrected chi connectivity index (χ2v) is 7.26. The van der Waals surface area contributed by atoms with Crippen molar-refractivity contribution in [1.82, 2.24) is 19.9 Å². The monoisotopic (exact) mass is 360 g/mol. The number of aromatic nitrogens is 3. The molecule has 0 aliphatic carbocycles. The Hall–Kier alpha value is -1.77. The zero-order chi connectivity index (χ0) is 16.9. The lowest BCUT2D eigenvalue weighted by molar-refractivity contribution is 0.122. The number of hydrogen-bond acceptors (Lipinski definition) is 8. The van der Waals surface area contributed by atoms with Gasteiger partial charge in [0.1, 0.15) is 5.82 Å². The number of ether oxygens (including phenoxy) is 1. The van der Waals surface area contributed by atoms with Gasteiger partial charge >= 0.3 is 0 Å². The van der Waals surface area contributed by atoms with Crippen molar-refractivity contribution in [3.63, 3.8) is 0 Å². The topological polar surface area (TPSA) is 66.4 Å². The van der Waals surface area contributed by atoms with Crippen molar-refractivity contribution in [3.8, 4) is 0 Å². The molecule has 7 nitrogen and oxygen atoms in total. The molecule has 2 aromatic heterocycles. The number of hydrogen-bond donors (Lipinski definition) is 1. The maximum absolute atomic E-state index is 5.40. The van der Waals surface area contributed by atoms with Gasteiger partial charge in [-0.1, -0.05) is 0 Å². The van der Waals surface area contributed by atoms with Crippen LogP contribution in [-0.4, -0.2) is 65.3 Å². The van der Waals surface area contributed by atoms with Gasteiger partial charge in [0.2, 0.25) is 5.95 Å². The Bertz CT molecular complexity index is 661. The molecule has 1 N–H and O–H groups in total. The Morgan fingerprint density at radius 2 is 2.16 bits per heavy atom. The molecule has 0 bridgehead atoms. The second kappa shape index (κ2) is 8.07. The molecule has 0 amide bonds. The van der Waals surface area contributed by atoms with E-state index in [1.165, 1.54) is 18.5 Å². The van der Waals surface area contributed by atoms with E-state index in [0.29, 0.717) is 6.04 Å². The Labute approximate surface area is 152 Å². The van der Waals surface area contributed by atoms with Crippen LogP contribution in [0.15, 0.2) is 23.2 Å². The SMILES string of the molecule is c1cc(NC2CCCN(Cc3cscn3)C2)nc(N2CCOCC2)n1. The molecule has 4 heterocycles. The van der Waals surface area contributed by atoms with Gasteiger partial charge in [-0.15, -0.1) is 11.3 Å². The summed E-state index contributed by atoms with van der Waals surface area (Å²) in [6.07, 6.45) is 4.21. The first-order valence-electron chi connectivity index (χ1n) is 8.88. The number of morpholine rings is 1. The van der Waals surface area contributed by atoms with Gasteiger partial charge in [-0.3, -0.25) is 4.90 Å². The highest BCUT2D eigenvalue weighted by Crippen LogP contribution is 2.18. The third kappa shape index (κ3) is 4.45. The molecule has 0 aromatic carbocycles. The van der Waals surface area contributed by atoms with E-state index < -0.39 is 0 Å². The van der Waals surface area contributed by atoms with Gasteiger partial charge in [-0.05, 0) is 25.5 Å². The van der Waals surface area contributed by atoms with Crippen LogP contribution >= 0.6 is 11.3 Å². The average Bonchev–Trinajstić information content (AvgIpc) is 3.16. The number of anilines is 2. The van der Waals surface area contributed by atoms with E-state index in [0.717, 1.165) is 57.7 Å². The van der Waals surface area contributed by atoms with Crippen molar-refractivity contribution in [2.75, 3.05) is 49.6 Å². The third-order valence-corrected chi connectivity index (χ3v) is 5.30. The van der Waals surface area contributed by atoms with Gasteiger partial charge in [0.15, 0.2) is 0 Å². The number of likely N-dealkylation sites (tertiary alicyclic amines) is 1. The van der Waals surface area contributed by atoms with E-state index in [9.17, 15) is 0 Å². The lowest BCUT2D eigenvalue weighted by Crippen LogP contribution is -2.42. The molecule has 0 spiro atoms. The lowest BCUT2D eigenvalue weighted by Gasteiger charge is -2.33. The summed E-state index contributed by atoms with van der Waals surface area (Å²) >= 11 is 1.66. The third-order valence-electron chi connectivity index (χ3n) is 4.66. The van der Waals surface area contributed by atoms with Crippen LogP contribution in [0.4, 0.5) is 11.8 Å². The molecule has 25 heavy (non-hydrogen) atoms. The van der Waals surface area contributed by atoms with Crippen molar-refractivity contribution < 1.29 is 4.74 Å². The molecule has 1 atom stereocenters. The van der Waals surface area contributed by atoms with E-state index in [1.807, 2.05) is 17.8 Å². The molecular weight excluding hydrogens is 336 g/mol. The van der Waals surface area contributed by atoms with Gasteiger partial charge < -0.3 is 15.0 Å². The van der Waals surface area contributed by atoms with Crippen molar-refractivity contribution in [2.24, 2.45) is 0 Å². The Morgan fingerprint density at radius 1 is 1.24 bits per heavy atom. The fourth-order valence-corrected chi connectivity index (χ4v) is 3.96. The van der Waals surface area contributed by atoms with Gasteiger partial charge in [-0.2, -0.15) is 4.98 Å². The first-order valence-corrected chi connectivity index (χ1v) is 9.83. The van der Waals surface area contributed by atoms with Crippen LogP contribution in [0.1, 0.15) is 18.5 Å². The molecule has 2 aliphatic heterocycles. The van der Waals surface area contributed by atoms with Gasteiger partial charge in [0.05, 0.1) is 24.4 Å². The number of piperidine rings is 1. The zero-order valence-corrected chi connectivity index (χ0v) is 15.1. The second-order valence-electron chi connectivity index (χ2n) is 6.54. The molecule has 2 aromatic rings. The molecular formula is C17H24N6OS. The predicted molar refractivity (Wildman–Crippen MR) is 99.1 cm³/mol. The van der Waals surface area contributed by atoms with Crippen LogP contribution in [0.25, 0.3) is 0 Å². The molecule has 134 valence electrons. The van der Waals surface area contributed by atoms with E-state index in [2.05, 4.69) is 30.5 Å². The first kappa shape index (κ1) is 16.7. The van der Waals surface area contributed by atoms with Crippen LogP contribution in [0.2, 0.25) is 0 Å². The summed E-state index contributed by atoms with van der Waals surface area (Å²) in [5, 5.41) is 5.74.